The van der Waals surface area contributed by atoms with Crippen molar-refractivity contribution in [2.45, 2.75) is 70.4 Å². The number of para-hydroxylation sites is 1. The number of fused-ring (bicyclic) bond motifs is 3. The molecular formula is C24H29N5O2. The molecule has 0 unspecified atom stereocenters. The van der Waals surface area contributed by atoms with Crippen LogP contribution in [0.2, 0.25) is 0 Å². The van der Waals surface area contributed by atoms with E-state index in [9.17, 15) is 9.59 Å². The van der Waals surface area contributed by atoms with E-state index < -0.39 is 0 Å². The van der Waals surface area contributed by atoms with Gasteiger partial charge in [0.15, 0.2) is 5.65 Å². The molecule has 4 aliphatic carbocycles. The second-order valence-corrected chi connectivity index (χ2v) is 10.5. The van der Waals surface area contributed by atoms with Gasteiger partial charge in [0.05, 0.1) is 5.52 Å². The van der Waals surface area contributed by atoms with Gasteiger partial charge in [-0.05, 0) is 68.4 Å². The number of nitrogens with one attached hydrogen (secondary N) is 1. The quantitative estimate of drug-likeness (QED) is 0.704. The SMILES string of the molecule is CC(C)c1nc2ccccc2c2nn(CC(=O)NC34CC5CC(CC(C5)C3)C4)c(=O)n12. The zero-order valence-corrected chi connectivity index (χ0v) is 18.2. The van der Waals surface area contributed by atoms with Gasteiger partial charge in [-0.15, -0.1) is 5.10 Å². The minimum Gasteiger partial charge on any atom is -0.349 e. The second-order valence-electron chi connectivity index (χ2n) is 10.5. The molecule has 4 saturated carbocycles. The van der Waals surface area contributed by atoms with Crippen molar-refractivity contribution in [2.24, 2.45) is 17.8 Å². The van der Waals surface area contributed by atoms with Crippen molar-refractivity contribution in [3.8, 4) is 0 Å². The lowest BCUT2D eigenvalue weighted by Gasteiger charge is -2.56. The average Bonchev–Trinajstić information content (AvgIpc) is 3.02. The third kappa shape index (κ3) is 3.00. The van der Waals surface area contributed by atoms with Gasteiger partial charge in [0.2, 0.25) is 5.91 Å². The fourth-order valence-corrected chi connectivity index (χ4v) is 6.95. The molecule has 1 amide bonds. The zero-order chi connectivity index (χ0) is 21.3. The molecule has 3 aromatic rings. The minimum absolute atomic E-state index is 0.0475. The Morgan fingerprint density at radius 3 is 2.42 bits per heavy atom. The van der Waals surface area contributed by atoms with Crippen molar-refractivity contribution in [3.05, 3.63) is 40.6 Å². The highest BCUT2D eigenvalue weighted by Gasteiger charge is 2.51. The summed E-state index contributed by atoms with van der Waals surface area (Å²) < 4.78 is 2.89. The van der Waals surface area contributed by atoms with Crippen LogP contribution in [-0.4, -0.2) is 30.6 Å². The zero-order valence-electron chi connectivity index (χ0n) is 18.2. The molecule has 0 radical (unpaired) electrons. The molecule has 31 heavy (non-hydrogen) atoms. The van der Waals surface area contributed by atoms with Crippen molar-refractivity contribution in [1.82, 2.24) is 24.5 Å². The molecule has 2 aromatic heterocycles. The molecular weight excluding hydrogens is 390 g/mol. The largest absolute Gasteiger partial charge is 0.352 e. The maximum absolute atomic E-state index is 13.2. The van der Waals surface area contributed by atoms with Gasteiger partial charge in [0, 0.05) is 16.8 Å². The van der Waals surface area contributed by atoms with Crippen LogP contribution in [-0.2, 0) is 11.3 Å². The third-order valence-corrected chi connectivity index (χ3v) is 7.70. The van der Waals surface area contributed by atoms with E-state index >= 15 is 0 Å². The normalized spacial score (nSPS) is 29.3. The summed E-state index contributed by atoms with van der Waals surface area (Å²) in [5.41, 5.74) is 1.03. The van der Waals surface area contributed by atoms with Crippen molar-refractivity contribution >= 4 is 22.5 Å². The maximum Gasteiger partial charge on any atom is 0.352 e. The number of rotatable bonds is 4. The van der Waals surface area contributed by atoms with Crippen LogP contribution in [0.4, 0.5) is 0 Å². The standard InChI is InChI=1S/C24H29N5O2/c1-14(2)21-25-19-6-4-3-5-18(19)22-27-28(23(31)29(21)22)13-20(30)26-24-10-15-7-16(11-24)9-17(8-15)12-24/h3-6,14-17H,7-13H2,1-2H3,(H,26,30). The Morgan fingerprint density at radius 1 is 1.13 bits per heavy atom. The third-order valence-electron chi connectivity index (χ3n) is 7.70. The van der Waals surface area contributed by atoms with Crippen LogP contribution in [0, 0.1) is 17.8 Å². The first-order chi connectivity index (χ1) is 14.9. The fraction of sp³-hybridized carbons (Fsp3) is 0.583. The van der Waals surface area contributed by atoms with Gasteiger partial charge in [-0.3, -0.25) is 4.79 Å². The summed E-state index contributed by atoms with van der Waals surface area (Å²) in [5, 5.41) is 8.76. The first-order valence-corrected chi connectivity index (χ1v) is 11.6. The lowest BCUT2D eigenvalue weighted by molar-refractivity contribution is -0.127. The molecule has 1 N–H and O–H groups in total. The number of hydrogen-bond acceptors (Lipinski definition) is 4. The summed E-state index contributed by atoms with van der Waals surface area (Å²) in [5.74, 6) is 2.91. The number of nitrogens with zero attached hydrogens (tertiary/aromatic N) is 4. The molecule has 162 valence electrons. The van der Waals surface area contributed by atoms with E-state index in [0.29, 0.717) is 11.5 Å². The summed E-state index contributed by atoms with van der Waals surface area (Å²) in [6.07, 6.45) is 7.28. The molecule has 7 nitrogen and oxygen atoms in total. The maximum atomic E-state index is 13.2. The molecule has 2 heterocycles. The first kappa shape index (κ1) is 19.0. The van der Waals surface area contributed by atoms with Crippen molar-refractivity contribution in [3.63, 3.8) is 0 Å². The van der Waals surface area contributed by atoms with Crippen molar-refractivity contribution in [2.75, 3.05) is 0 Å². The molecule has 4 aliphatic rings. The highest BCUT2D eigenvalue weighted by atomic mass is 16.2. The predicted octanol–water partition coefficient (Wildman–Crippen LogP) is 3.25. The highest BCUT2D eigenvalue weighted by Crippen LogP contribution is 2.55. The molecule has 4 fully saturated rings. The van der Waals surface area contributed by atoms with E-state index in [-0.39, 0.29) is 29.6 Å². The van der Waals surface area contributed by atoms with Crippen LogP contribution < -0.4 is 11.0 Å². The Labute approximate surface area is 180 Å². The highest BCUT2D eigenvalue weighted by molar-refractivity contribution is 5.91. The van der Waals surface area contributed by atoms with Crippen LogP contribution >= 0.6 is 0 Å². The number of amides is 1. The first-order valence-electron chi connectivity index (χ1n) is 11.6. The molecule has 7 rings (SSSR count). The van der Waals surface area contributed by atoms with E-state index in [1.54, 1.807) is 4.40 Å². The molecule has 0 atom stereocenters. The summed E-state index contributed by atoms with van der Waals surface area (Å²) in [6, 6.07) is 7.71. The van der Waals surface area contributed by atoms with Crippen LogP contribution in [0.1, 0.15) is 64.1 Å². The second kappa shape index (κ2) is 6.65. The predicted molar refractivity (Wildman–Crippen MR) is 118 cm³/mol. The summed E-state index contributed by atoms with van der Waals surface area (Å²) in [4.78, 5) is 31.0. The summed E-state index contributed by atoms with van der Waals surface area (Å²) in [6.45, 7) is 3.98. The Balaban J connectivity index is 1.34. The van der Waals surface area contributed by atoms with Crippen LogP contribution in [0.15, 0.2) is 29.1 Å². The van der Waals surface area contributed by atoms with Gasteiger partial charge >= 0.3 is 5.69 Å². The molecule has 0 spiro atoms. The number of aromatic nitrogens is 4. The lowest BCUT2D eigenvalue weighted by Crippen LogP contribution is -2.60. The fourth-order valence-electron chi connectivity index (χ4n) is 6.95. The Morgan fingerprint density at radius 2 is 1.77 bits per heavy atom. The van der Waals surface area contributed by atoms with Crippen molar-refractivity contribution in [1.29, 1.82) is 0 Å². The Bertz CT molecular complexity index is 1220. The smallest absolute Gasteiger partial charge is 0.349 e. The number of benzene rings is 1. The molecule has 4 bridgehead atoms. The number of hydrogen-bond donors (Lipinski definition) is 1. The number of carbonyl (C=O) groups is 1. The van der Waals surface area contributed by atoms with Crippen LogP contribution in [0.25, 0.3) is 16.6 Å². The topological polar surface area (TPSA) is 81.3 Å². The molecule has 1 aromatic carbocycles. The monoisotopic (exact) mass is 419 g/mol. The van der Waals surface area contributed by atoms with Gasteiger partial charge < -0.3 is 5.32 Å². The van der Waals surface area contributed by atoms with Crippen LogP contribution in [0.3, 0.4) is 0 Å². The Hall–Kier alpha value is -2.70. The molecule has 0 saturated heterocycles. The van der Waals surface area contributed by atoms with E-state index in [4.69, 9.17) is 4.98 Å². The summed E-state index contributed by atoms with van der Waals surface area (Å²) >= 11 is 0. The van der Waals surface area contributed by atoms with Gasteiger partial charge in [-0.2, -0.15) is 0 Å². The van der Waals surface area contributed by atoms with Gasteiger partial charge in [-0.25, -0.2) is 18.9 Å². The molecule has 0 aliphatic heterocycles. The van der Waals surface area contributed by atoms with Gasteiger partial charge in [0.25, 0.3) is 0 Å². The molecule has 7 heteroatoms. The van der Waals surface area contributed by atoms with E-state index in [1.165, 1.54) is 23.9 Å². The Kier molecular flexibility index (Phi) is 4.08. The lowest BCUT2D eigenvalue weighted by atomic mass is 9.53. The minimum atomic E-state index is -0.294. The van der Waals surface area contributed by atoms with E-state index in [1.807, 2.05) is 38.1 Å². The summed E-state index contributed by atoms with van der Waals surface area (Å²) in [7, 11) is 0. The average molecular weight is 420 g/mol. The van der Waals surface area contributed by atoms with E-state index in [0.717, 1.165) is 47.9 Å². The van der Waals surface area contributed by atoms with Gasteiger partial charge in [0.1, 0.15) is 12.4 Å². The van der Waals surface area contributed by atoms with Crippen molar-refractivity contribution < 1.29 is 4.79 Å². The number of carbonyl (C=O) groups excluding carboxylic acids is 1. The van der Waals surface area contributed by atoms with E-state index in [2.05, 4.69) is 10.4 Å². The van der Waals surface area contributed by atoms with Crippen LogP contribution in [0.5, 0.6) is 0 Å². The van der Waals surface area contributed by atoms with Gasteiger partial charge in [-0.1, -0.05) is 26.0 Å².